The molecular weight excluding hydrogens is 225 g/mol. The van der Waals surface area contributed by atoms with Crippen LogP contribution >= 0.6 is 11.6 Å². The Morgan fingerprint density at radius 1 is 1.31 bits per heavy atom. The van der Waals surface area contributed by atoms with E-state index in [2.05, 4.69) is 26.1 Å². The Morgan fingerprint density at radius 2 is 2.00 bits per heavy atom. The molecule has 0 aliphatic carbocycles. The lowest BCUT2D eigenvalue weighted by molar-refractivity contribution is 0.366. The molecule has 0 saturated carbocycles. The van der Waals surface area contributed by atoms with Crippen molar-refractivity contribution in [2.45, 2.75) is 33.7 Å². The van der Waals surface area contributed by atoms with E-state index >= 15 is 0 Å². The lowest BCUT2D eigenvalue weighted by atomic mass is 9.92. The highest BCUT2D eigenvalue weighted by Crippen LogP contribution is 2.19. The van der Waals surface area contributed by atoms with Gasteiger partial charge in [0.15, 0.2) is 0 Å². The number of nitrogens with one attached hydrogen (secondary N) is 1. The summed E-state index contributed by atoms with van der Waals surface area (Å²) in [6.07, 6.45) is 1.06. The van der Waals surface area contributed by atoms with E-state index in [1.807, 2.05) is 0 Å². The van der Waals surface area contributed by atoms with Crippen LogP contribution in [0.25, 0.3) is 0 Å². The van der Waals surface area contributed by atoms with Gasteiger partial charge in [0.05, 0.1) is 5.02 Å². The SMILES string of the molecule is CC(C)(C)CCNCc1cccc(Cl)c1F. The first-order valence-corrected chi connectivity index (χ1v) is 5.91. The van der Waals surface area contributed by atoms with Crippen molar-refractivity contribution in [2.24, 2.45) is 5.41 Å². The highest BCUT2D eigenvalue weighted by atomic mass is 35.5. The first kappa shape index (κ1) is 13.5. The molecule has 0 aliphatic rings. The van der Waals surface area contributed by atoms with Crippen molar-refractivity contribution in [2.75, 3.05) is 6.54 Å². The zero-order chi connectivity index (χ0) is 12.2. The van der Waals surface area contributed by atoms with Gasteiger partial charge in [-0.2, -0.15) is 0 Å². The third-order valence-electron chi connectivity index (χ3n) is 2.40. The Kier molecular flexibility index (Phi) is 4.75. The van der Waals surface area contributed by atoms with Gasteiger partial charge in [-0.15, -0.1) is 0 Å². The van der Waals surface area contributed by atoms with Gasteiger partial charge in [-0.05, 0) is 24.4 Å². The van der Waals surface area contributed by atoms with Gasteiger partial charge in [-0.25, -0.2) is 4.39 Å². The molecule has 1 aromatic carbocycles. The van der Waals surface area contributed by atoms with E-state index in [9.17, 15) is 4.39 Å². The molecule has 0 atom stereocenters. The van der Waals surface area contributed by atoms with Crippen LogP contribution in [0.15, 0.2) is 18.2 Å². The Hall–Kier alpha value is -0.600. The van der Waals surface area contributed by atoms with E-state index < -0.39 is 0 Å². The molecule has 0 amide bonds. The lowest BCUT2D eigenvalue weighted by Crippen LogP contribution is -2.20. The topological polar surface area (TPSA) is 12.0 Å². The average molecular weight is 244 g/mol. The van der Waals surface area contributed by atoms with Crippen LogP contribution in [0.2, 0.25) is 5.02 Å². The third-order valence-corrected chi connectivity index (χ3v) is 2.69. The first-order valence-electron chi connectivity index (χ1n) is 5.54. The van der Waals surface area contributed by atoms with Gasteiger partial charge in [-0.3, -0.25) is 0 Å². The first-order chi connectivity index (χ1) is 7.40. The van der Waals surface area contributed by atoms with E-state index in [4.69, 9.17) is 11.6 Å². The fourth-order valence-electron chi connectivity index (χ4n) is 1.37. The molecule has 1 rings (SSSR count). The maximum atomic E-state index is 13.5. The minimum absolute atomic E-state index is 0.190. The maximum absolute atomic E-state index is 13.5. The normalized spacial score (nSPS) is 11.8. The second-order valence-electron chi connectivity index (χ2n) is 5.20. The number of halogens is 2. The quantitative estimate of drug-likeness (QED) is 0.788. The molecule has 90 valence electrons. The second-order valence-corrected chi connectivity index (χ2v) is 5.61. The smallest absolute Gasteiger partial charge is 0.146 e. The second kappa shape index (κ2) is 5.65. The third kappa shape index (κ3) is 4.50. The number of rotatable bonds is 4. The zero-order valence-electron chi connectivity index (χ0n) is 10.1. The minimum Gasteiger partial charge on any atom is -0.313 e. The number of hydrogen-bond acceptors (Lipinski definition) is 1. The summed E-state index contributed by atoms with van der Waals surface area (Å²) in [6, 6.07) is 5.09. The number of benzene rings is 1. The minimum atomic E-state index is -0.313. The summed E-state index contributed by atoms with van der Waals surface area (Å²) in [6.45, 7) is 7.98. The molecule has 0 saturated heterocycles. The molecule has 0 bridgehead atoms. The summed E-state index contributed by atoms with van der Waals surface area (Å²) in [5.74, 6) is -0.313. The van der Waals surface area contributed by atoms with Crippen LogP contribution in [0.3, 0.4) is 0 Å². The predicted molar refractivity (Wildman–Crippen MR) is 67.2 cm³/mol. The van der Waals surface area contributed by atoms with Crippen molar-refractivity contribution in [1.29, 1.82) is 0 Å². The molecule has 1 N–H and O–H groups in total. The maximum Gasteiger partial charge on any atom is 0.146 e. The highest BCUT2D eigenvalue weighted by Gasteiger charge is 2.09. The zero-order valence-corrected chi connectivity index (χ0v) is 10.9. The molecule has 0 spiro atoms. The van der Waals surface area contributed by atoms with E-state index in [1.165, 1.54) is 0 Å². The van der Waals surface area contributed by atoms with Crippen molar-refractivity contribution >= 4 is 11.6 Å². The summed E-state index contributed by atoms with van der Waals surface area (Å²) in [5.41, 5.74) is 0.932. The van der Waals surface area contributed by atoms with Crippen LogP contribution in [0.4, 0.5) is 4.39 Å². The summed E-state index contributed by atoms with van der Waals surface area (Å²) < 4.78 is 13.5. The molecule has 3 heteroatoms. The molecule has 0 aliphatic heterocycles. The lowest BCUT2D eigenvalue weighted by Gasteiger charge is -2.18. The van der Waals surface area contributed by atoms with Crippen molar-refractivity contribution < 1.29 is 4.39 Å². The van der Waals surface area contributed by atoms with E-state index in [0.29, 0.717) is 17.5 Å². The summed E-state index contributed by atoms with van der Waals surface area (Å²) in [4.78, 5) is 0. The van der Waals surface area contributed by atoms with Gasteiger partial charge >= 0.3 is 0 Å². The van der Waals surface area contributed by atoms with Gasteiger partial charge in [0.25, 0.3) is 0 Å². The van der Waals surface area contributed by atoms with Gasteiger partial charge in [0.2, 0.25) is 0 Å². The van der Waals surface area contributed by atoms with Gasteiger partial charge in [-0.1, -0.05) is 44.5 Å². The largest absolute Gasteiger partial charge is 0.313 e. The molecule has 1 nitrogen and oxygen atoms in total. The van der Waals surface area contributed by atoms with Crippen LogP contribution < -0.4 is 5.32 Å². The van der Waals surface area contributed by atoms with Crippen LogP contribution in [0, 0.1) is 11.2 Å². The summed E-state index contributed by atoms with van der Waals surface area (Å²) >= 11 is 5.70. The standard InChI is InChI=1S/C13H19ClFN/c1-13(2,3)7-8-16-9-10-5-4-6-11(14)12(10)15/h4-6,16H,7-9H2,1-3H3. The van der Waals surface area contributed by atoms with E-state index in [0.717, 1.165) is 13.0 Å². The summed E-state index contributed by atoms with van der Waals surface area (Å²) in [5, 5.41) is 3.42. The monoisotopic (exact) mass is 243 g/mol. The molecule has 0 radical (unpaired) electrons. The predicted octanol–water partition coefficient (Wildman–Crippen LogP) is 4.00. The fraction of sp³-hybridized carbons (Fsp3) is 0.538. The van der Waals surface area contributed by atoms with Crippen molar-refractivity contribution in [3.05, 3.63) is 34.6 Å². The molecule has 0 heterocycles. The molecule has 16 heavy (non-hydrogen) atoms. The van der Waals surface area contributed by atoms with Crippen LogP contribution in [-0.2, 0) is 6.54 Å². The average Bonchev–Trinajstić information content (AvgIpc) is 2.17. The van der Waals surface area contributed by atoms with Gasteiger partial charge < -0.3 is 5.32 Å². The fourth-order valence-corrected chi connectivity index (χ4v) is 1.57. The van der Waals surface area contributed by atoms with Crippen LogP contribution in [0.1, 0.15) is 32.8 Å². The Labute approximate surface area is 102 Å². The van der Waals surface area contributed by atoms with Crippen LogP contribution in [-0.4, -0.2) is 6.54 Å². The van der Waals surface area contributed by atoms with Gasteiger partial charge in [0, 0.05) is 12.1 Å². The highest BCUT2D eigenvalue weighted by molar-refractivity contribution is 6.30. The van der Waals surface area contributed by atoms with Crippen molar-refractivity contribution in [3.8, 4) is 0 Å². The van der Waals surface area contributed by atoms with Crippen LogP contribution in [0.5, 0.6) is 0 Å². The van der Waals surface area contributed by atoms with E-state index in [-0.39, 0.29) is 10.8 Å². The summed E-state index contributed by atoms with van der Waals surface area (Å²) in [7, 11) is 0. The molecular formula is C13H19ClFN. The molecule has 0 fully saturated rings. The van der Waals surface area contributed by atoms with Crippen molar-refractivity contribution in [1.82, 2.24) is 5.32 Å². The number of hydrogen-bond donors (Lipinski definition) is 1. The van der Waals surface area contributed by atoms with Gasteiger partial charge in [0.1, 0.15) is 5.82 Å². The Balaban J connectivity index is 2.41. The van der Waals surface area contributed by atoms with Crippen molar-refractivity contribution in [3.63, 3.8) is 0 Å². The Bertz CT molecular complexity index is 344. The molecule has 0 aromatic heterocycles. The molecule has 0 unspecified atom stereocenters. The molecule has 1 aromatic rings. The Morgan fingerprint density at radius 3 is 2.62 bits per heavy atom. The van der Waals surface area contributed by atoms with E-state index in [1.54, 1.807) is 18.2 Å².